The van der Waals surface area contributed by atoms with Gasteiger partial charge >= 0.3 is 18.3 Å². The van der Waals surface area contributed by atoms with Crippen LogP contribution in [0.3, 0.4) is 0 Å². The molecule has 0 saturated carbocycles. The molecule has 0 aliphatic carbocycles. The summed E-state index contributed by atoms with van der Waals surface area (Å²) in [4.78, 5) is 0. The summed E-state index contributed by atoms with van der Waals surface area (Å²) < 4.78 is 113. The minimum absolute atomic E-state index is 0.0299. The molecule has 1 atom stereocenters. The number of rotatable bonds is 7. The standard InChI is InChI=1S/C20H13Cl3F8N4O2/c1-35-15(14(19(26,27)28)16(33-35)18(24,25)20(29,30)31)11-7-12(37-34-11)8-2-3-10(21)9(6-8)17(36)32-5-4-13(22)23/h2-4,6-7,17,32,36H,5H2,1H3. The van der Waals surface area contributed by atoms with Crippen LogP contribution in [-0.4, -0.2) is 32.8 Å². The summed E-state index contributed by atoms with van der Waals surface area (Å²) in [7, 11) is 0.749. The van der Waals surface area contributed by atoms with Crippen molar-refractivity contribution in [3.63, 3.8) is 0 Å². The Morgan fingerprint density at radius 3 is 2.35 bits per heavy atom. The van der Waals surface area contributed by atoms with E-state index in [0.29, 0.717) is 0 Å². The molecule has 0 spiro atoms. The summed E-state index contributed by atoms with van der Waals surface area (Å²) in [6.07, 6.45) is -12.0. The molecule has 0 aliphatic heterocycles. The number of aryl methyl sites for hydroxylation is 1. The van der Waals surface area contributed by atoms with Crippen LogP contribution >= 0.6 is 34.8 Å². The summed E-state index contributed by atoms with van der Waals surface area (Å²) >= 11 is 17.0. The molecule has 2 aromatic heterocycles. The first-order valence-corrected chi connectivity index (χ1v) is 10.9. The van der Waals surface area contributed by atoms with Gasteiger partial charge in [-0.1, -0.05) is 40.0 Å². The lowest BCUT2D eigenvalue weighted by atomic mass is 10.0. The molecule has 37 heavy (non-hydrogen) atoms. The highest BCUT2D eigenvalue weighted by Crippen LogP contribution is 2.50. The van der Waals surface area contributed by atoms with Crippen molar-refractivity contribution in [1.29, 1.82) is 0 Å². The molecule has 202 valence electrons. The molecule has 3 rings (SSSR count). The van der Waals surface area contributed by atoms with Gasteiger partial charge in [0.2, 0.25) is 0 Å². The lowest BCUT2D eigenvalue weighted by molar-refractivity contribution is -0.292. The van der Waals surface area contributed by atoms with Crippen LogP contribution in [0.25, 0.3) is 22.7 Å². The minimum atomic E-state index is -6.34. The van der Waals surface area contributed by atoms with Gasteiger partial charge in [-0.05, 0) is 24.3 Å². The van der Waals surface area contributed by atoms with Crippen LogP contribution in [-0.2, 0) is 19.1 Å². The van der Waals surface area contributed by atoms with Gasteiger partial charge in [0.1, 0.15) is 27.7 Å². The first-order valence-electron chi connectivity index (χ1n) is 9.73. The monoisotopic (exact) mass is 598 g/mol. The predicted octanol–water partition coefficient (Wildman–Crippen LogP) is 6.97. The van der Waals surface area contributed by atoms with E-state index in [-0.39, 0.29) is 37.6 Å². The smallest absolute Gasteiger partial charge is 0.374 e. The van der Waals surface area contributed by atoms with E-state index in [1.54, 1.807) is 0 Å². The van der Waals surface area contributed by atoms with E-state index in [1.807, 2.05) is 0 Å². The fourth-order valence-corrected chi connectivity index (χ4v) is 3.60. The number of nitrogens with zero attached hydrogens (tertiary/aromatic N) is 3. The highest BCUT2D eigenvalue weighted by Gasteiger charge is 2.64. The van der Waals surface area contributed by atoms with Gasteiger partial charge in [-0.25, -0.2) is 0 Å². The van der Waals surface area contributed by atoms with Crippen molar-refractivity contribution in [2.75, 3.05) is 6.54 Å². The van der Waals surface area contributed by atoms with Crippen LogP contribution < -0.4 is 5.32 Å². The fourth-order valence-electron chi connectivity index (χ4n) is 3.23. The quantitative estimate of drug-likeness (QED) is 0.227. The SMILES string of the molecule is Cn1nc(C(F)(F)C(F)(F)F)c(C(F)(F)F)c1-c1cc(-c2ccc(Cl)c(C(O)NCC=C(Cl)Cl)c2)on1. The van der Waals surface area contributed by atoms with Gasteiger partial charge in [0.25, 0.3) is 0 Å². The lowest BCUT2D eigenvalue weighted by Gasteiger charge is -2.19. The van der Waals surface area contributed by atoms with Crippen LogP contribution in [0, 0.1) is 0 Å². The summed E-state index contributed by atoms with van der Waals surface area (Å²) in [5, 5.41) is 19.3. The third-order valence-electron chi connectivity index (χ3n) is 4.88. The molecule has 0 bridgehead atoms. The Balaban J connectivity index is 2.06. The molecule has 0 amide bonds. The third kappa shape index (κ3) is 6.03. The molecule has 6 nitrogen and oxygen atoms in total. The first-order chi connectivity index (χ1) is 16.9. The number of aliphatic hydroxyl groups is 1. The van der Waals surface area contributed by atoms with Gasteiger partial charge in [0, 0.05) is 35.8 Å². The predicted molar refractivity (Wildman–Crippen MR) is 117 cm³/mol. The Kier molecular flexibility index (Phi) is 8.20. The Hall–Kier alpha value is -2.39. The molecule has 2 heterocycles. The van der Waals surface area contributed by atoms with Gasteiger partial charge in [-0.15, -0.1) is 0 Å². The number of hydrogen-bond donors (Lipinski definition) is 2. The molecular weight excluding hydrogens is 587 g/mol. The Morgan fingerprint density at radius 1 is 1.14 bits per heavy atom. The molecule has 0 radical (unpaired) electrons. The molecule has 1 aromatic carbocycles. The van der Waals surface area contributed by atoms with Gasteiger partial charge in [-0.3, -0.25) is 10.00 Å². The van der Waals surface area contributed by atoms with Crippen molar-refractivity contribution in [1.82, 2.24) is 20.3 Å². The van der Waals surface area contributed by atoms with Crippen molar-refractivity contribution in [2.24, 2.45) is 7.05 Å². The van der Waals surface area contributed by atoms with E-state index in [2.05, 4.69) is 15.6 Å². The Bertz CT molecular complexity index is 1310. The van der Waals surface area contributed by atoms with Crippen molar-refractivity contribution >= 4 is 34.8 Å². The topological polar surface area (TPSA) is 76.1 Å². The van der Waals surface area contributed by atoms with Crippen LogP contribution in [0.15, 0.2) is 39.4 Å². The maximum absolute atomic E-state index is 13.9. The van der Waals surface area contributed by atoms with Crippen molar-refractivity contribution in [2.45, 2.75) is 24.5 Å². The van der Waals surface area contributed by atoms with Gasteiger partial charge in [0.05, 0.1) is 0 Å². The molecular formula is C20H13Cl3F8N4O2. The highest BCUT2D eigenvalue weighted by atomic mass is 35.5. The third-order valence-corrected chi connectivity index (χ3v) is 5.53. The summed E-state index contributed by atoms with van der Waals surface area (Å²) in [6, 6.07) is 4.82. The minimum Gasteiger partial charge on any atom is -0.374 e. The summed E-state index contributed by atoms with van der Waals surface area (Å²) in [5.74, 6) is -6.13. The van der Waals surface area contributed by atoms with E-state index in [1.165, 1.54) is 24.3 Å². The zero-order valence-corrected chi connectivity index (χ0v) is 20.3. The van der Waals surface area contributed by atoms with E-state index in [0.717, 1.165) is 13.1 Å². The zero-order chi connectivity index (χ0) is 27.9. The number of aliphatic hydroxyl groups excluding tert-OH is 1. The molecule has 0 saturated heterocycles. The van der Waals surface area contributed by atoms with Crippen molar-refractivity contribution in [3.8, 4) is 22.7 Å². The second-order valence-electron chi connectivity index (χ2n) is 7.38. The Labute approximate surface area is 217 Å². The fraction of sp³-hybridized carbons (Fsp3) is 0.300. The molecule has 0 fully saturated rings. The van der Waals surface area contributed by atoms with E-state index in [4.69, 9.17) is 39.3 Å². The number of benzene rings is 1. The van der Waals surface area contributed by atoms with Crippen molar-refractivity contribution in [3.05, 3.63) is 56.7 Å². The first kappa shape index (κ1) is 29.2. The highest BCUT2D eigenvalue weighted by molar-refractivity contribution is 6.55. The van der Waals surface area contributed by atoms with Crippen LogP contribution in [0.4, 0.5) is 35.1 Å². The van der Waals surface area contributed by atoms with E-state index >= 15 is 0 Å². The second-order valence-corrected chi connectivity index (χ2v) is 8.80. The van der Waals surface area contributed by atoms with Crippen molar-refractivity contribution < 1.29 is 44.8 Å². The van der Waals surface area contributed by atoms with Crippen LogP contribution in [0.5, 0.6) is 0 Å². The number of halogens is 11. The Morgan fingerprint density at radius 2 is 1.78 bits per heavy atom. The average molecular weight is 600 g/mol. The molecule has 1 unspecified atom stereocenters. The number of alkyl halides is 8. The normalized spacial score (nSPS) is 13.6. The largest absolute Gasteiger partial charge is 0.459 e. The number of hydrogen-bond acceptors (Lipinski definition) is 5. The van der Waals surface area contributed by atoms with Gasteiger partial charge < -0.3 is 9.63 Å². The zero-order valence-electron chi connectivity index (χ0n) is 18.0. The van der Waals surface area contributed by atoms with Crippen LogP contribution in [0.1, 0.15) is 23.0 Å². The van der Waals surface area contributed by atoms with E-state index in [9.17, 15) is 40.2 Å². The van der Waals surface area contributed by atoms with E-state index < -0.39 is 47.1 Å². The average Bonchev–Trinajstić information content (AvgIpc) is 3.37. The van der Waals surface area contributed by atoms with Crippen LogP contribution in [0.2, 0.25) is 5.02 Å². The van der Waals surface area contributed by atoms with Gasteiger partial charge in [0.15, 0.2) is 11.5 Å². The lowest BCUT2D eigenvalue weighted by Crippen LogP contribution is -2.36. The summed E-state index contributed by atoms with van der Waals surface area (Å²) in [6.45, 7) is 0.0299. The molecule has 0 aliphatic rings. The maximum atomic E-state index is 13.9. The molecule has 3 aromatic rings. The molecule has 2 N–H and O–H groups in total. The second kappa shape index (κ2) is 10.4. The maximum Gasteiger partial charge on any atom is 0.459 e. The summed E-state index contributed by atoms with van der Waals surface area (Å²) in [5.41, 5.74) is -6.52. The number of aromatic nitrogens is 3. The molecule has 17 heteroatoms. The number of nitrogens with one attached hydrogen (secondary N) is 1. The van der Waals surface area contributed by atoms with Gasteiger partial charge in [-0.2, -0.15) is 40.2 Å².